The number of para-hydroxylation sites is 1. The summed E-state index contributed by atoms with van der Waals surface area (Å²) < 4.78 is 36.8. The molecule has 1 N–H and O–H groups in total. The number of amides is 1. The summed E-state index contributed by atoms with van der Waals surface area (Å²) in [6, 6.07) is 19.4. The Labute approximate surface area is 216 Å². The van der Waals surface area contributed by atoms with Gasteiger partial charge < -0.3 is 14.2 Å². The highest BCUT2D eigenvalue weighted by Gasteiger charge is 2.22. The van der Waals surface area contributed by atoms with Gasteiger partial charge in [0, 0.05) is 0 Å². The van der Waals surface area contributed by atoms with E-state index in [1.165, 1.54) is 24.3 Å². The molecule has 0 bridgehead atoms. The van der Waals surface area contributed by atoms with Gasteiger partial charge >= 0.3 is 10.1 Å². The van der Waals surface area contributed by atoms with Crippen LogP contribution in [0.5, 0.6) is 11.5 Å². The van der Waals surface area contributed by atoms with Crippen molar-refractivity contribution in [3.8, 4) is 17.6 Å². The number of nitrogens with zero attached hydrogens (tertiary/aromatic N) is 1. The van der Waals surface area contributed by atoms with Gasteiger partial charge in [-0.15, -0.1) is 0 Å². The number of nitrogens with one attached hydrogen (secondary N) is 1. The quantitative estimate of drug-likeness (QED) is 0.153. The number of carbonyl (C=O) groups is 1. The summed E-state index contributed by atoms with van der Waals surface area (Å²) in [6.07, 6.45) is 1.37. The van der Waals surface area contributed by atoms with Crippen LogP contribution < -0.4 is 14.2 Å². The van der Waals surface area contributed by atoms with Gasteiger partial charge in [0.05, 0.1) is 20.9 Å². The highest BCUT2D eigenvalue weighted by Crippen LogP contribution is 2.37. The lowest BCUT2D eigenvalue weighted by molar-refractivity contribution is -0.112. The summed E-state index contributed by atoms with van der Waals surface area (Å²) in [6.45, 7) is 1.98. The molecule has 3 aromatic rings. The summed E-state index contributed by atoms with van der Waals surface area (Å²) in [7, 11) is -4.10. The number of rotatable bonds is 8. The summed E-state index contributed by atoms with van der Waals surface area (Å²) in [5, 5.41) is 12.5. The second kappa shape index (κ2) is 11.4. The van der Waals surface area contributed by atoms with Gasteiger partial charge in [0.1, 0.15) is 16.5 Å². The van der Waals surface area contributed by atoms with Gasteiger partial charge in [-0.2, -0.15) is 13.7 Å². The molecule has 3 aromatic carbocycles. The molecule has 0 saturated heterocycles. The number of carbonyl (C=O) groups excluding carboxylic acids is 1. The molecule has 0 unspecified atom stereocenters. The third-order valence-corrected chi connectivity index (χ3v) is 6.72. The van der Waals surface area contributed by atoms with Crippen molar-refractivity contribution in [1.82, 2.24) is 0 Å². The van der Waals surface area contributed by atoms with Crippen LogP contribution in [-0.2, 0) is 14.9 Å². The van der Waals surface area contributed by atoms with E-state index in [0.717, 1.165) is 0 Å². The lowest BCUT2D eigenvalue weighted by Crippen LogP contribution is -2.14. The Kier molecular flexibility index (Phi) is 8.55. The Hall–Kier alpha value is -3.07. The van der Waals surface area contributed by atoms with E-state index in [1.807, 2.05) is 28.7 Å². The Balaban J connectivity index is 1.95. The van der Waals surface area contributed by atoms with Crippen molar-refractivity contribution < 1.29 is 22.1 Å². The average Bonchev–Trinajstić information content (AvgIpc) is 2.82. The molecule has 0 aliphatic heterocycles. The minimum Gasteiger partial charge on any atom is -0.490 e. The van der Waals surface area contributed by atoms with E-state index in [1.54, 1.807) is 55.5 Å². The van der Waals surface area contributed by atoms with Gasteiger partial charge in [0.2, 0.25) is 0 Å². The molecule has 7 nitrogen and oxygen atoms in total. The molecule has 34 heavy (non-hydrogen) atoms. The van der Waals surface area contributed by atoms with E-state index in [9.17, 15) is 18.5 Å². The van der Waals surface area contributed by atoms with Crippen molar-refractivity contribution in [2.24, 2.45) is 0 Å². The van der Waals surface area contributed by atoms with E-state index in [4.69, 9.17) is 20.5 Å². The molecule has 10 heteroatoms. The minimum absolute atomic E-state index is 0.000214. The van der Waals surface area contributed by atoms with Crippen molar-refractivity contribution >= 4 is 62.0 Å². The molecule has 0 aliphatic rings. The lowest BCUT2D eigenvalue weighted by Gasteiger charge is -2.14. The highest BCUT2D eigenvalue weighted by atomic mass is 127. The Morgan fingerprint density at radius 1 is 1.15 bits per heavy atom. The van der Waals surface area contributed by atoms with Gasteiger partial charge in [0.15, 0.2) is 11.5 Å². The maximum absolute atomic E-state index is 12.7. The molecule has 0 atom stereocenters. The van der Waals surface area contributed by atoms with Crippen LogP contribution in [0.1, 0.15) is 12.5 Å². The van der Waals surface area contributed by atoms with E-state index in [-0.39, 0.29) is 28.6 Å². The molecule has 0 aliphatic carbocycles. The summed E-state index contributed by atoms with van der Waals surface area (Å²) in [5.74, 6) is -0.470. The first kappa shape index (κ1) is 25.6. The molecule has 0 spiro atoms. The third-order valence-electron chi connectivity index (χ3n) is 4.35. The van der Waals surface area contributed by atoms with Crippen LogP contribution in [-0.4, -0.2) is 20.9 Å². The number of benzene rings is 3. The first-order valence-electron chi connectivity index (χ1n) is 9.88. The second-order valence-electron chi connectivity index (χ2n) is 6.72. The van der Waals surface area contributed by atoms with Crippen LogP contribution in [0.4, 0.5) is 5.69 Å². The molecule has 1 amide bonds. The minimum atomic E-state index is -4.10. The molecule has 0 fully saturated rings. The average molecular weight is 609 g/mol. The van der Waals surface area contributed by atoms with Gasteiger partial charge in [-0.3, -0.25) is 4.79 Å². The fraction of sp³-hybridized carbons (Fsp3) is 0.0833. The van der Waals surface area contributed by atoms with Crippen molar-refractivity contribution in [2.75, 3.05) is 11.9 Å². The largest absolute Gasteiger partial charge is 0.490 e. The smallest absolute Gasteiger partial charge is 0.339 e. The molecule has 174 valence electrons. The number of hydrogen-bond acceptors (Lipinski definition) is 6. The molecule has 0 heterocycles. The standard InChI is InChI=1S/C24H18ClIN2O5S/c1-2-32-22-14-16(12-17(15-27)24(29)28-21-11-7-6-10-19(21)25)13-20(26)23(22)33-34(30,31)18-8-4-3-5-9-18/h3-14H,2H2,1H3,(H,28,29)/b17-12+. The van der Waals surface area contributed by atoms with Crippen molar-refractivity contribution in [3.05, 3.63) is 86.5 Å². The molecule has 0 aromatic heterocycles. The van der Waals surface area contributed by atoms with Crippen LogP contribution >= 0.6 is 34.2 Å². The van der Waals surface area contributed by atoms with Crippen LogP contribution in [0, 0.1) is 14.9 Å². The molecule has 0 radical (unpaired) electrons. The lowest BCUT2D eigenvalue weighted by atomic mass is 10.1. The normalized spacial score (nSPS) is 11.4. The van der Waals surface area contributed by atoms with E-state index in [2.05, 4.69) is 5.32 Å². The van der Waals surface area contributed by atoms with Crippen molar-refractivity contribution in [1.29, 1.82) is 5.26 Å². The van der Waals surface area contributed by atoms with Gasteiger partial charge in [0.25, 0.3) is 5.91 Å². The van der Waals surface area contributed by atoms with Gasteiger partial charge in [-0.25, -0.2) is 0 Å². The number of halogens is 2. The Morgan fingerprint density at radius 3 is 2.47 bits per heavy atom. The van der Waals surface area contributed by atoms with Crippen LogP contribution in [0.25, 0.3) is 6.08 Å². The number of anilines is 1. The highest BCUT2D eigenvalue weighted by molar-refractivity contribution is 14.1. The van der Waals surface area contributed by atoms with Crippen LogP contribution in [0.15, 0.2) is 77.2 Å². The summed E-state index contributed by atoms with van der Waals surface area (Å²) in [5.41, 5.74) is 0.640. The topological polar surface area (TPSA) is 105 Å². The molecular weight excluding hydrogens is 591 g/mol. The Morgan fingerprint density at radius 2 is 1.82 bits per heavy atom. The maximum Gasteiger partial charge on any atom is 0.339 e. The first-order chi connectivity index (χ1) is 16.2. The predicted octanol–water partition coefficient (Wildman–Crippen LogP) is 5.66. The van der Waals surface area contributed by atoms with E-state index in [0.29, 0.717) is 19.8 Å². The number of hydrogen-bond donors (Lipinski definition) is 1. The number of nitriles is 1. The molecule has 3 rings (SSSR count). The van der Waals surface area contributed by atoms with Gasteiger partial charge in [-0.1, -0.05) is 41.9 Å². The van der Waals surface area contributed by atoms with Crippen LogP contribution in [0.2, 0.25) is 5.02 Å². The molecular formula is C24H18ClIN2O5S. The zero-order valence-electron chi connectivity index (χ0n) is 17.8. The number of ether oxygens (including phenoxy) is 1. The maximum atomic E-state index is 12.7. The summed E-state index contributed by atoms with van der Waals surface area (Å²) >= 11 is 7.98. The first-order valence-corrected chi connectivity index (χ1v) is 12.7. The van der Waals surface area contributed by atoms with Crippen molar-refractivity contribution in [3.63, 3.8) is 0 Å². The fourth-order valence-electron chi connectivity index (χ4n) is 2.83. The zero-order chi connectivity index (χ0) is 24.7. The Bertz CT molecular complexity index is 1390. The van der Waals surface area contributed by atoms with E-state index >= 15 is 0 Å². The second-order valence-corrected chi connectivity index (χ2v) is 9.83. The SMILES string of the molecule is CCOc1cc(/C=C(\C#N)C(=O)Nc2ccccc2Cl)cc(I)c1OS(=O)(=O)c1ccccc1. The monoisotopic (exact) mass is 608 g/mol. The summed E-state index contributed by atoms with van der Waals surface area (Å²) in [4.78, 5) is 12.6. The third kappa shape index (κ3) is 6.28. The molecule has 0 saturated carbocycles. The zero-order valence-corrected chi connectivity index (χ0v) is 21.5. The predicted molar refractivity (Wildman–Crippen MR) is 138 cm³/mol. The van der Waals surface area contributed by atoms with Crippen molar-refractivity contribution in [2.45, 2.75) is 11.8 Å². The van der Waals surface area contributed by atoms with E-state index < -0.39 is 16.0 Å². The van der Waals surface area contributed by atoms with Crippen LogP contribution in [0.3, 0.4) is 0 Å². The fourth-order valence-corrected chi connectivity index (χ4v) is 4.87. The van der Waals surface area contributed by atoms with Gasteiger partial charge in [-0.05, 0) is 77.6 Å².